The smallest absolute Gasteiger partial charge is 0.112 e. The lowest BCUT2D eigenvalue weighted by Crippen LogP contribution is -2.42. The van der Waals surface area contributed by atoms with Gasteiger partial charge in [-0.3, -0.25) is 9.97 Å². The van der Waals surface area contributed by atoms with E-state index in [4.69, 9.17) is 4.74 Å². The maximum absolute atomic E-state index is 6.01. The number of ether oxygens (including phenoxy) is 1. The van der Waals surface area contributed by atoms with E-state index in [1.54, 1.807) is 12.4 Å². The highest BCUT2D eigenvalue weighted by Crippen LogP contribution is 2.34. The van der Waals surface area contributed by atoms with Crippen molar-refractivity contribution in [3.8, 4) is 0 Å². The Morgan fingerprint density at radius 1 is 0.962 bits per heavy atom. The van der Waals surface area contributed by atoms with Gasteiger partial charge in [-0.15, -0.1) is 0 Å². The molecule has 5 heteroatoms. The van der Waals surface area contributed by atoms with Crippen LogP contribution in [-0.4, -0.2) is 41.3 Å². The van der Waals surface area contributed by atoms with Crippen LogP contribution in [0.25, 0.3) is 11.0 Å². The third-order valence-corrected chi connectivity index (χ3v) is 6.34. The van der Waals surface area contributed by atoms with Crippen LogP contribution < -0.4 is 10.2 Å². The highest BCUT2D eigenvalue weighted by atomic mass is 16.5. The highest BCUT2D eigenvalue weighted by molar-refractivity contribution is 5.91. The number of aromatic nitrogens is 2. The molecule has 0 spiro atoms. The molecule has 2 unspecified atom stereocenters. The Bertz CT molecular complexity index is 775. The molecule has 26 heavy (non-hydrogen) atoms. The summed E-state index contributed by atoms with van der Waals surface area (Å²) in [5.41, 5.74) is 4.37. The van der Waals surface area contributed by atoms with E-state index >= 15 is 0 Å². The molecule has 2 bridgehead atoms. The van der Waals surface area contributed by atoms with E-state index in [-0.39, 0.29) is 0 Å². The molecule has 3 fully saturated rings. The molecule has 0 amide bonds. The minimum absolute atomic E-state index is 0.391. The van der Waals surface area contributed by atoms with Gasteiger partial charge >= 0.3 is 0 Å². The van der Waals surface area contributed by atoms with Crippen molar-refractivity contribution in [1.29, 1.82) is 0 Å². The minimum Gasteiger partial charge on any atom is -0.380 e. The van der Waals surface area contributed by atoms with E-state index in [0.29, 0.717) is 18.2 Å². The number of rotatable bonds is 3. The van der Waals surface area contributed by atoms with Gasteiger partial charge in [0.05, 0.1) is 23.4 Å². The van der Waals surface area contributed by atoms with Crippen LogP contribution in [0.3, 0.4) is 0 Å². The Labute approximate surface area is 155 Å². The Morgan fingerprint density at radius 3 is 2.46 bits per heavy atom. The first-order valence-electron chi connectivity index (χ1n) is 10.2. The first-order valence-corrected chi connectivity index (χ1v) is 10.2. The van der Waals surface area contributed by atoms with E-state index in [9.17, 15) is 0 Å². The Kier molecular flexibility index (Phi) is 4.20. The Hall–Kier alpha value is -1.88. The maximum Gasteiger partial charge on any atom is 0.112 e. The van der Waals surface area contributed by atoms with Crippen molar-refractivity contribution in [2.24, 2.45) is 5.92 Å². The summed E-state index contributed by atoms with van der Waals surface area (Å²) in [5.74, 6) is 0.861. The number of benzene rings is 1. The Morgan fingerprint density at radius 2 is 1.69 bits per heavy atom. The van der Waals surface area contributed by atoms with Crippen LogP contribution in [0.5, 0.6) is 0 Å². The number of anilines is 2. The first kappa shape index (κ1) is 16.3. The van der Waals surface area contributed by atoms with Crippen LogP contribution in [0.4, 0.5) is 11.4 Å². The second-order valence-electron chi connectivity index (χ2n) is 8.38. The standard InChI is InChI=1S/C21H28N4O/c1-14-2-4-15(5-3-14)24-20-11-16(10-19-21(20)23-9-8-22-19)25-12-17-6-7-18(13-25)26-17/h8-11,14-15,17-18,24H,2-7,12-13H2,1H3. The quantitative estimate of drug-likeness (QED) is 0.905. The van der Waals surface area contributed by atoms with Gasteiger partial charge in [-0.1, -0.05) is 6.92 Å². The average Bonchev–Trinajstić information content (AvgIpc) is 3.01. The van der Waals surface area contributed by atoms with Crippen molar-refractivity contribution >= 4 is 22.4 Å². The molecule has 5 rings (SSSR count). The number of hydrogen-bond donors (Lipinski definition) is 1. The molecule has 5 nitrogen and oxygen atoms in total. The molecule has 2 aromatic rings. The predicted molar refractivity (Wildman–Crippen MR) is 105 cm³/mol. The van der Waals surface area contributed by atoms with E-state index in [0.717, 1.165) is 35.7 Å². The monoisotopic (exact) mass is 352 g/mol. The molecule has 1 N–H and O–H groups in total. The minimum atomic E-state index is 0.391. The molecular formula is C21H28N4O. The normalized spacial score (nSPS) is 31.3. The summed E-state index contributed by atoms with van der Waals surface area (Å²) < 4.78 is 6.01. The van der Waals surface area contributed by atoms with Crippen LogP contribution in [0, 0.1) is 5.92 Å². The molecule has 0 radical (unpaired) electrons. The van der Waals surface area contributed by atoms with E-state index in [2.05, 4.69) is 39.2 Å². The number of fused-ring (bicyclic) bond motifs is 3. The van der Waals surface area contributed by atoms with E-state index in [1.165, 1.54) is 44.2 Å². The lowest BCUT2D eigenvalue weighted by atomic mass is 9.87. The lowest BCUT2D eigenvalue weighted by molar-refractivity contribution is 0.0305. The van der Waals surface area contributed by atoms with E-state index in [1.807, 2.05) is 0 Å². The predicted octanol–water partition coefficient (Wildman–Crippen LogP) is 3.99. The van der Waals surface area contributed by atoms with Gasteiger partial charge in [0.2, 0.25) is 0 Å². The Balaban J connectivity index is 1.46. The van der Waals surface area contributed by atoms with Gasteiger partial charge in [0, 0.05) is 37.2 Å². The summed E-state index contributed by atoms with van der Waals surface area (Å²) in [6.07, 6.45) is 11.9. The van der Waals surface area contributed by atoms with Crippen molar-refractivity contribution in [1.82, 2.24) is 9.97 Å². The zero-order valence-electron chi connectivity index (χ0n) is 15.5. The summed E-state index contributed by atoms with van der Waals surface area (Å²) in [6.45, 7) is 4.34. The highest BCUT2D eigenvalue weighted by Gasteiger charge is 2.34. The SMILES string of the molecule is CC1CCC(Nc2cc(N3CC4CCC(C3)O4)cc3nccnc23)CC1. The largest absolute Gasteiger partial charge is 0.380 e. The van der Waals surface area contributed by atoms with E-state index < -0.39 is 0 Å². The summed E-state index contributed by atoms with van der Waals surface area (Å²) in [6, 6.07) is 5.04. The van der Waals surface area contributed by atoms with Gasteiger partial charge in [-0.05, 0) is 56.6 Å². The van der Waals surface area contributed by atoms with Crippen molar-refractivity contribution in [2.45, 2.75) is 63.7 Å². The lowest BCUT2D eigenvalue weighted by Gasteiger charge is -2.34. The molecule has 1 aromatic heterocycles. The van der Waals surface area contributed by atoms with Crippen LogP contribution in [0.15, 0.2) is 24.5 Å². The van der Waals surface area contributed by atoms with Gasteiger partial charge in [0.25, 0.3) is 0 Å². The van der Waals surface area contributed by atoms with Gasteiger partial charge in [-0.25, -0.2) is 0 Å². The zero-order chi connectivity index (χ0) is 17.5. The number of morpholine rings is 1. The van der Waals surface area contributed by atoms with Crippen LogP contribution in [0.1, 0.15) is 45.4 Å². The molecule has 1 saturated carbocycles. The number of nitrogens with zero attached hydrogens (tertiary/aromatic N) is 3. The van der Waals surface area contributed by atoms with Crippen molar-refractivity contribution in [3.05, 3.63) is 24.5 Å². The molecule has 2 saturated heterocycles. The second-order valence-corrected chi connectivity index (χ2v) is 8.38. The molecule has 138 valence electrons. The zero-order valence-corrected chi connectivity index (χ0v) is 15.5. The average molecular weight is 352 g/mol. The fourth-order valence-electron chi connectivity index (χ4n) is 4.80. The second kappa shape index (κ2) is 6.69. The fourth-order valence-corrected chi connectivity index (χ4v) is 4.80. The van der Waals surface area contributed by atoms with Crippen molar-refractivity contribution in [3.63, 3.8) is 0 Å². The van der Waals surface area contributed by atoms with Crippen LogP contribution >= 0.6 is 0 Å². The summed E-state index contributed by atoms with van der Waals surface area (Å²) in [5, 5.41) is 3.80. The molecular weight excluding hydrogens is 324 g/mol. The van der Waals surface area contributed by atoms with Gasteiger partial charge in [0.1, 0.15) is 5.52 Å². The third kappa shape index (κ3) is 3.13. The number of nitrogens with one attached hydrogen (secondary N) is 1. The first-order chi connectivity index (χ1) is 12.7. The van der Waals surface area contributed by atoms with Crippen molar-refractivity contribution in [2.75, 3.05) is 23.3 Å². The molecule has 1 aromatic carbocycles. The molecule has 1 aliphatic carbocycles. The third-order valence-electron chi connectivity index (χ3n) is 6.34. The van der Waals surface area contributed by atoms with Gasteiger partial charge < -0.3 is 15.0 Å². The van der Waals surface area contributed by atoms with Gasteiger partial charge in [-0.2, -0.15) is 0 Å². The molecule has 2 atom stereocenters. The van der Waals surface area contributed by atoms with Crippen LogP contribution in [-0.2, 0) is 4.74 Å². The molecule has 3 aliphatic rings. The summed E-state index contributed by atoms with van der Waals surface area (Å²) >= 11 is 0. The van der Waals surface area contributed by atoms with Crippen LogP contribution in [0.2, 0.25) is 0 Å². The topological polar surface area (TPSA) is 50.3 Å². The van der Waals surface area contributed by atoms with Crippen molar-refractivity contribution < 1.29 is 4.74 Å². The summed E-state index contributed by atoms with van der Waals surface area (Å²) in [7, 11) is 0. The number of hydrogen-bond acceptors (Lipinski definition) is 5. The molecule has 3 heterocycles. The van der Waals surface area contributed by atoms with Gasteiger partial charge in [0.15, 0.2) is 0 Å². The maximum atomic E-state index is 6.01. The molecule has 2 aliphatic heterocycles. The fraction of sp³-hybridized carbons (Fsp3) is 0.619. The summed E-state index contributed by atoms with van der Waals surface area (Å²) in [4.78, 5) is 11.7.